The molecule has 0 unspecified atom stereocenters. The van der Waals surface area contributed by atoms with E-state index in [2.05, 4.69) is 10.3 Å². The number of nitro benzene ring substituents is 1. The van der Waals surface area contributed by atoms with Gasteiger partial charge in [-0.05, 0) is 19.1 Å². The number of esters is 1. The highest BCUT2D eigenvalue weighted by Crippen LogP contribution is 2.32. The van der Waals surface area contributed by atoms with Crippen molar-refractivity contribution in [2.75, 3.05) is 18.1 Å². The maximum absolute atomic E-state index is 12.6. The van der Waals surface area contributed by atoms with E-state index in [0.29, 0.717) is 0 Å². The maximum Gasteiger partial charge on any atom is 0.327 e. The van der Waals surface area contributed by atoms with Gasteiger partial charge in [0.05, 0.1) is 17.2 Å². The fraction of sp³-hybridized carbons (Fsp3) is 0.357. The minimum atomic E-state index is -1.04. The monoisotopic (exact) mass is 347 g/mol. The van der Waals surface area contributed by atoms with Crippen molar-refractivity contribution in [2.45, 2.75) is 19.0 Å². The Morgan fingerprint density at radius 1 is 1.28 bits per heavy atom. The molecular weight excluding hydrogens is 334 g/mol. The number of hydrogen-bond donors (Lipinski definition) is 0. The summed E-state index contributed by atoms with van der Waals surface area (Å²) in [5.41, 5.74) is 0.0351. The number of benzene rings is 1. The SMILES string of the molecule is CCOC(=O)CN1N=N[C@@H]2C(=O)N(c3ccc([N+](=O)[O-])cc3)C(=O)[C@@H]21. The van der Waals surface area contributed by atoms with Crippen LogP contribution in [0.3, 0.4) is 0 Å². The third-order valence-electron chi connectivity index (χ3n) is 3.77. The van der Waals surface area contributed by atoms with Gasteiger partial charge in [0.2, 0.25) is 0 Å². The number of carbonyl (C=O) groups excluding carboxylic acids is 3. The lowest BCUT2D eigenvalue weighted by Crippen LogP contribution is -2.42. The molecule has 0 radical (unpaired) electrons. The first kappa shape index (κ1) is 16.5. The van der Waals surface area contributed by atoms with Gasteiger partial charge in [-0.3, -0.25) is 29.5 Å². The molecule has 3 rings (SSSR count). The molecule has 130 valence electrons. The summed E-state index contributed by atoms with van der Waals surface area (Å²) in [6.07, 6.45) is 0. The molecule has 1 fully saturated rings. The highest BCUT2D eigenvalue weighted by molar-refractivity contribution is 6.25. The van der Waals surface area contributed by atoms with Crippen molar-refractivity contribution in [1.82, 2.24) is 5.01 Å². The van der Waals surface area contributed by atoms with Gasteiger partial charge in [0.15, 0.2) is 12.1 Å². The van der Waals surface area contributed by atoms with E-state index in [1.807, 2.05) is 0 Å². The molecule has 2 aliphatic rings. The molecule has 2 aliphatic heterocycles. The van der Waals surface area contributed by atoms with Gasteiger partial charge >= 0.3 is 5.97 Å². The van der Waals surface area contributed by atoms with Gasteiger partial charge in [-0.15, -0.1) is 0 Å². The summed E-state index contributed by atoms with van der Waals surface area (Å²) >= 11 is 0. The minimum absolute atomic E-state index is 0.160. The molecular formula is C14H13N5O6. The van der Waals surface area contributed by atoms with E-state index in [1.165, 1.54) is 24.3 Å². The van der Waals surface area contributed by atoms with Crippen LogP contribution in [0.4, 0.5) is 11.4 Å². The van der Waals surface area contributed by atoms with Crippen LogP contribution < -0.4 is 4.90 Å². The van der Waals surface area contributed by atoms with Gasteiger partial charge in [-0.2, -0.15) is 5.11 Å². The molecule has 2 amide bonds. The molecule has 25 heavy (non-hydrogen) atoms. The van der Waals surface area contributed by atoms with Gasteiger partial charge in [-0.25, -0.2) is 4.90 Å². The molecule has 0 bridgehead atoms. The lowest BCUT2D eigenvalue weighted by molar-refractivity contribution is -0.384. The Morgan fingerprint density at radius 3 is 2.56 bits per heavy atom. The summed E-state index contributed by atoms with van der Waals surface area (Å²) in [6.45, 7) is 1.53. The van der Waals surface area contributed by atoms with E-state index in [1.54, 1.807) is 6.92 Å². The molecule has 0 saturated carbocycles. The molecule has 2 heterocycles. The number of anilines is 1. The number of non-ortho nitro benzene ring substituents is 1. The normalized spacial score (nSPS) is 21.6. The fourth-order valence-electron chi connectivity index (χ4n) is 2.67. The van der Waals surface area contributed by atoms with E-state index in [0.717, 1.165) is 9.91 Å². The van der Waals surface area contributed by atoms with E-state index in [4.69, 9.17) is 4.74 Å². The van der Waals surface area contributed by atoms with Crippen LogP contribution in [-0.2, 0) is 19.1 Å². The first-order valence-electron chi connectivity index (χ1n) is 7.39. The van der Waals surface area contributed by atoms with Gasteiger partial charge in [0, 0.05) is 12.1 Å². The number of nitro groups is 1. The number of hydrogen-bond acceptors (Lipinski definition) is 9. The minimum Gasteiger partial charge on any atom is -0.465 e. The third kappa shape index (κ3) is 2.79. The second-order valence-electron chi connectivity index (χ2n) is 5.28. The summed E-state index contributed by atoms with van der Waals surface area (Å²) in [5.74, 6) is -1.78. The lowest BCUT2D eigenvalue weighted by atomic mass is 10.2. The second-order valence-corrected chi connectivity index (χ2v) is 5.28. The van der Waals surface area contributed by atoms with Gasteiger partial charge < -0.3 is 4.74 Å². The predicted octanol–water partition coefficient (Wildman–Crippen LogP) is 0.451. The Hall–Kier alpha value is -3.37. The molecule has 1 saturated heterocycles. The Balaban J connectivity index is 1.82. The van der Waals surface area contributed by atoms with Crippen LogP contribution in [-0.4, -0.2) is 53.0 Å². The summed E-state index contributed by atoms with van der Waals surface area (Å²) in [5, 5.41) is 19.3. The smallest absolute Gasteiger partial charge is 0.327 e. The summed E-state index contributed by atoms with van der Waals surface area (Å²) in [7, 11) is 0. The zero-order valence-corrected chi connectivity index (χ0v) is 13.1. The number of rotatable bonds is 5. The van der Waals surface area contributed by atoms with Crippen LogP contribution in [0.2, 0.25) is 0 Å². The molecule has 11 heteroatoms. The quantitative estimate of drug-likeness (QED) is 0.326. The number of imide groups is 1. The average Bonchev–Trinajstić information content (AvgIpc) is 3.08. The van der Waals surface area contributed by atoms with Crippen molar-refractivity contribution >= 4 is 29.2 Å². The Morgan fingerprint density at radius 2 is 1.96 bits per heavy atom. The summed E-state index contributed by atoms with van der Waals surface area (Å²) in [6, 6.07) is 2.94. The molecule has 1 aromatic carbocycles. The predicted molar refractivity (Wildman–Crippen MR) is 81.4 cm³/mol. The number of fused-ring (bicyclic) bond motifs is 1. The van der Waals surface area contributed by atoms with Crippen LogP contribution in [0, 0.1) is 10.1 Å². The van der Waals surface area contributed by atoms with Crippen LogP contribution >= 0.6 is 0 Å². The molecule has 1 aromatic rings. The standard InChI is InChI=1S/C14H13N5O6/c1-2-25-10(20)7-17-12-11(15-16-17)13(21)18(14(12)22)8-3-5-9(6-4-8)19(23)24/h3-6,11-12H,2,7H2,1H3/t11-,12+/m0/s1. The van der Waals surface area contributed by atoms with Crippen molar-refractivity contribution in [2.24, 2.45) is 10.3 Å². The molecule has 2 atom stereocenters. The van der Waals surface area contributed by atoms with E-state index >= 15 is 0 Å². The largest absolute Gasteiger partial charge is 0.465 e. The fourth-order valence-corrected chi connectivity index (χ4v) is 2.67. The summed E-state index contributed by atoms with van der Waals surface area (Å²) in [4.78, 5) is 47.7. The molecule has 0 N–H and O–H groups in total. The van der Waals surface area contributed by atoms with Crippen LogP contribution in [0.5, 0.6) is 0 Å². The first-order valence-corrected chi connectivity index (χ1v) is 7.39. The topological polar surface area (TPSA) is 135 Å². The Bertz CT molecular complexity index is 776. The van der Waals surface area contributed by atoms with Gasteiger partial charge in [0.25, 0.3) is 17.5 Å². The van der Waals surface area contributed by atoms with Crippen LogP contribution in [0.15, 0.2) is 34.6 Å². The lowest BCUT2D eigenvalue weighted by Gasteiger charge is -2.19. The van der Waals surface area contributed by atoms with Gasteiger partial charge in [-0.1, -0.05) is 5.22 Å². The van der Waals surface area contributed by atoms with Crippen molar-refractivity contribution in [1.29, 1.82) is 0 Å². The zero-order valence-electron chi connectivity index (χ0n) is 13.1. The number of carbonyl (C=O) groups is 3. The van der Waals surface area contributed by atoms with Crippen molar-refractivity contribution < 1.29 is 24.0 Å². The highest BCUT2D eigenvalue weighted by Gasteiger charge is 2.55. The van der Waals surface area contributed by atoms with E-state index in [-0.39, 0.29) is 24.5 Å². The second kappa shape index (κ2) is 6.26. The summed E-state index contributed by atoms with van der Waals surface area (Å²) < 4.78 is 4.81. The number of ether oxygens (including phenoxy) is 1. The number of nitrogens with zero attached hydrogens (tertiary/aromatic N) is 5. The Labute approximate surface area is 141 Å². The molecule has 0 spiro atoms. The third-order valence-corrected chi connectivity index (χ3v) is 3.77. The van der Waals surface area contributed by atoms with Crippen molar-refractivity contribution in [3.8, 4) is 0 Å². The van der Waals surface area contributed by atoms with Gasteiger partial charge in [0.1, 0.15) is 6.54 Å². The van der Waals surface area contributed by atoms with Crippen molar-refractivity contribution in [3.63, 3.8) is 0 Å². The average molecular weight is 347 g/mol. The maximum atomic E-state index is 12.6. The molecule has 0 aromatic heterocycles. The first-order chi connectivity index (χ1) is 11.9. The Kier molecular flexibility index (Phi) is 4.13. The zero-order chi connectivity index (χ0) is 18.1. The van der Waals surface area contributed by atoms with Crippen molar-refractivity contribution in [3.05, 3.63) is 34.4 Å². The van der Waals surface area contributed by atoms with Crippen LogP contribution in [0.25, 0.3) is 0 Å². The van der Waals surface area contributed by atoms with E-state index in [9.17, 15) is 24.5 Å². The van der Waals surface area contributed by atoms with E-state index < -0.39 is 34.8 Å². The number of amides is 2. The highest BCUT2D eigenvalue weighted by atomic mass is 16.6. The van der Waals surface area contributed by atoms with Crippen LogP contribution in [0.1, 0.15) is 6.92 Å². The molecule has 11 nitrogen and oxygen atoms in total. The molecule has 0 aliphatic carbocycles.